The Morgan fingerprint density at radius 3 is 2.55 bits per heavy atom. The van der Waals surface area contributed by atoms with Crippen molar-refractivity contribution in [2.45, 2.75) is 38.5 Å². The zero-order valence-corrected chi connectivity index (χ0v) is 11.8. The minimum atomic E-state index is -0.878. The third kappa shape index (κ3) is 3.49. The van der Waals surface area contributed by atoms with E-state index in [2.05, 4.69) is 0 Å². The molecule has 3 N–H and O–H groups in total. The Morgan fingerprint density at radius 1 is 1.25 bits per heavy atom. The summed E-state index contributed by atoms with van der Waals surface area (Å²) >= 11 is 0. The number of aliphatic hydroxyl groups is 2. The van der Waals surface area contributed by atoms with Crippen molar-refractivity contribution in [3.05, 3.63) is 29.8 Å². The lowest BCUT2D eigenvalue weighted by Crippen LogP contribution is -2.42. The van der Waals surface area contributed by atoms with Crippen LogP contribution >= 0.6 is 0 Å². The number of aliphatic hydroxyl groups excluding tert-OH is 2. The number of hydrogen-bond acceptors (Lipinski definition) is 5. The highest BCUT2D eigenvalue weighted by molar-refractivity contribution is 5.29. The van der Waals surface area contributed by atoms with Crippen molar-refractivity contribution in [2.75, 3.05) is 13.2 Å². The first-order valence-electron chi connectivity index (χ1n) is 7.14. The number of nitrogens with zero attached hydrogens (tertiary/aromatic N) is 1. The third-order valence-electron chi connectivity index (χ3n) is 3.84. The second-order valence-corrected chi connectivity index (χ2v) is 5.23. The molecule has 1 fully saturated rings. The summed E-state index contributed by atoms with van der Waals surface area (Å²) in [5.74, 6) is 1.01. The number of hydroxylamine groups is 2. The molecule has 1 saturated heterocycles. The number of benzene rings is 1. The van der Waals surface area contributed by atoms with Gasteiger partial charge in [-0.05, 0) is 49.8 Å². The van der Waals surface area contributed by atoms with Crippen LogP contribution in [0.5, 0.6) is 5.75 Å². The van der Waals surface area contributed by atoms with E-state index >= 15 is 0 Å². The second-order valence-electron chi connectivity index (χ2n) is 5.23. The van der Waals surface area contributed by atoms with Crippen LogP contribution in [-0.2, 0) is 0 Å². The second kappa shape index (κ2) is 7.04. The lowest BCUT2D eigenvalue weighted by atomic mass is 9.85. The summed E-state index contributed by atoms with van der Waals surface area (Å²) in [6.45, 7) is 2.66. The van der Waals surface area contributed by atoms with Crippen LogP contribution in [0.4, 0.5) is 0 Å². The maximum atomic E-state index is 10.0. The van der Waals surface area contributed by atoms with Crippen LogP contribution in [0.3, 0.4) is 0 Å². The summed E-state index contributed by atoms with van der Waals surface area (Å²) in [5.41, 5.74) is 0.942. The molecule has 1 aliphatic heterocycles. The van der Waals surface area contributed by atoms with E-state index in [1.165, 1.54) is 0 Å². The molecule has 5 nitrogen and oxygen atoms in total. The van der Waals surface area contributed by atoms with Crippen LogP contribution in [0.15, 0.2) is 24.3 Å². The molecule has 1 aromatic rings. The molecule has 112 valence electrons. The van der Waals surface area contributed by atoms with Crippen molar-refractivity contribution in [2.24, 2.45) is 5.92 Å². The van der Waals surface area contributed by atoms with Crippen molar-refractivity contribution in [3.8, 4) is 5.75 Å². The molecule has 0 aliphatic carbocycles. The minimum absolute atomic E-state index is 0.110. The molecular formula is C15H23NO4. The molecule has 2 rings (SSSR count). The van der Waals surface area contributed by atoms with Crippen molar-refractivity contribution < 1.29 is 20.2 Å². The Morgan fingerprint density at radius 2 is 1.95 bits per heavy atom. The molecule has 20 heavy (non-hydrogen) atoms. The fourth-order valence-electron chi connectivity index (χ4n) is 2.79. The Hall–Kier alpha value is -1.14. The van der Waals surface area contributed by atoms with Crippen molar-refractivity contribution in [3.63, 3.8) is 0 Å². The first-order valence-corrected chi connectivity index (χ1v) is 7.14. The summed E-state index contributed by atoms with van der Waals surface area (Å²) in [6, 6.07) is 7.31. The molecule has 2 unspecified atom stereocenters. The van der Waals surface area contributed by atoms with Crippen molar-refractivity contribution in [1.82, 2.24) is 5.06 Å². The predicted octanol–water partition coefficient (Wildman–Crippen LogP) is 1.93. The van der Waals surface area contributed by atoms with Gasteiger partial charge in [0.15, 0.2) is 0 Å². The molecule has 0 bridgehead atoms. The van der Waals surface area contributed by atoms with Gasteiger partial charge in [0.1, 0.15) is 12.0 Å². The van der Waals surface area contributed by atoms with E-state index in [4.69, 9.17) is 9.84 Å². The highest BCUT2D eigenvalue weighted by Crippen LogP contribution is 2.37. The summed E-state index contributed by atoms with van der Waals surface area (Å²) in [5, 5.41) is 30.0. The standard InChI is InChI=1S/C15H23NO4/c1-2-20-13-5-3-12(4-6-13)14-9-11(7-8-17)10-15(18)16(14)19/h3-6,11,14-15,17-19H,2,7-10H2,1H3/t11?,14?,15-/m0/s1. The van der Waals surface area contributed by atoms with Crippen LogP contribution in [0.2, 0.25) is 0 Å². The van der Waals surface area contributed by atoms with Gasteiger partial charge >= 0.3 is 0 Å². The Balaban J connectivity index is 2.11. The summed E-state index contributed by atoms with van der Waals surface area (Å²) in [4.78, 5) is 0. The molecule has 0 aromatic heterocycles. The number of piperidine rings is 1. The van der Waals surface area contributed by atoms with Gasteiger partial charge < -0.3 is 20.2 Å². The summed E-state index contributed by atoms with van der Waals surface area (Å²) < 4.78 is 5.40. The summed E-state index contributed by atoms with van der Waals surface area (Å²) in [7, 11) is 0. The smallest absolute Gasteiger partial charge is 0.130 e. The molecular weight excluding hydrogens is 258 g/mol. The van der Waals surface area contributed by atoms with Gasteiger partial charge in [-0.25, -0.2) is 0 Å². The fraction of sp³-hybridized carbons (Fsp3) is 0.600. The van der Waals surface area contributed by atoms with Crippen molar-refractivity contribution in [1.29, 1.82) is 0 Å². The zero-order valence-electron chi connectivity index (χ0n) is 11.8. The molecule has 3 atom stereocenters. The van der Waals surface area contributed by atoms with Crippen LogP contribution < -0.4 is 4.74 Å². The number of rotatable bonds is 5. The summed E-state index contributed by atoms with van der Waals surface area (Å²) in [6.07, 6.45) is 0.988. The van der Waals surface area contributed by atoms with Crippen molar-refractivity contribution >= 4 is 0 Å². The lowest BCUT2D eigenvalue weighted by Gasteiger charge is -2.39. The molecule has 0 saturated carbocycles. The highest BCUT2D eigenvalue weighted by atomic mass is 16.5. The van der Waals surface area contributed by atoms with E-state index in [1.807, 2.05) is 31.2 Å². The molecule has 0 amide bonds. The predicted molar refractivity (Wildman–Crippen MR) is 74.4 cm³/mol. The molecule has 5 heteroatoms. The number of ether oxygens (including phenoxy) is 1. The van der Waals surface area contributed by atoms with E-state index in [0.29, 0.717) is 19.4 Å². The van der Waals surface area contributed by atoms with E-state index in [9.17, 15) is 10.3 Å². The average molecular weight is 281 g/mol. The normalized spacial score (nSPS) is 27.5. The van der Waals surface area contributed by atoms with Crippen LogP contribution in [0.1, 0.15) is 37.8 Å². The first kappa shape index (κ1) is 15.3. The Kier molecular flexibility index (Phi) is 5.37. The van der Waals surface area contributed by atoms with Gasteiger partial charge in [-0.3, -0.25) is 0 Å². The molecule has 1 aliphatic rings. The average Bonchev–Trinajstić information content (AvgIpc) is 2.44. The maximum Gasteiger partial charge on any atom is 0.130 e. The molecule has 0 radical (unpaired) electrons. The fourth-order valence-corrected chi connectivity index (χ4v) is 2.79. The third-order valence-corrected chi connectivity index (χ3v) is 3.84. The van der Waals surface area contributed by atoms with Crippen LogP contribution in [0.25, 0.3) is 0 Å². The van der Waals surface area contributed by atoms with Gasteiger partial charge in [0.05, 0.1) is 12.6 Å². The topological polar surface area (TPSA) is 73.2 Å². The first-order chi connectivity index (χ1) is 9.65. The monoisotopic (exact) mass is 281 g/mol. The van der Waals surface area contributed by atoms with Gasteiger partial charge in [0.25, 0.3) is 0 Å². The highest BCUT2D eigenvalue weighted by Gasteiger charge is 2.34. The van der Waals surface area contributed by atoms with E-state index in [1.54, 1.807) is 0 Å². The van der Waals surface area contributed by atoms with Crippen LogP contribution in [-0.4, -0.2) is 39.9 Å². The quantitative estimate of drug-likeness (QED) is 0.769. The molecule has 1 aromatic carbocycles. The maximum absolute atomic E-state index is 10.0. The molecule has 1 heterocycles. The lowest BCUT2D eigenvalue weighted by molar-refractivity contribution is -0.250. The van der Waals surface area contributed by atoms with Gasteiger partial charge in [-0.1, -0.05) is 12.1 Å². The minimum Gasteiger partial charge on any atom is -0.494 e. The van der Waals surface area contributed by atoms with Crippen LogP contribution in [0, 0.1) is 5.92 Å². The zero-order chi connectivity index (χ0) is 14.5. The SMILES string of the molecule is CCOc1ccc(C2CC(CCO)C[C@H](O)N2O)cc1. The van der Waals surface area contributed by atoms with Gasteiger partial charge in [-0.2, -0.15) is 5.06 Å². The Labute approximate surface area is 119 Å². The van der Waals surface area contributed by atoms with Gasteiger partial charge in [0, 0.05) is 6.61 Å². The van der Waals surface area contributed by atoms with Gasteiger partial charge in [0.2, 0.25) is 0 Å². The Bertz CT molecular complexity index is 409. The largest absolute Gasteiger partial charge is 0.494 e. The van der Waals surface area contributed by atoms with E-state index in [0.717, 1.165) is 22.8 Å². The molecule has 0 spiro atoms. The van der Waals surface area contributed by atoms with E-state index < -0.39 is 6.23 Å². The van der Waals surface area contributed by atoms with Gasteiger partial charge in [-0.15, -0.1) is 0 Å². The van der Waals surface area contributed by atoms with E-state index in [-0.39, 0.29) is 18.6 Å². The number of hydrogen-bond donors (Lipinski definition) is 3.